The Labute approximate surface area is 122 Å². The molecule has 0 spiro atoms. The lowest BCUT2D eigenvalue weighted by molar-refractivity contribution is -0.121. The van der Waals surface area contributed by atoms with E-state index < -0.39 is 0 Å². The summed E-state index contributed by atoms with van der Waals surface area (Å²) in [6.45, 7) is 0. The number of aromatic nitrogens is 2. The van der Waals surface area contributed by atoms with Crippen molar-refractivity contribution in [3.8, 4) is 17.2 Å². The van der Waals surface area contributed by atoms with E-state index in [4.69, 9.17) is 9.15 Å². The van der Waals surface area contributed by atoms with E-state index in [-0.39, 0.29) is 5.91 Å². The van der Waals surface area contributed by atoms with Crippen LogP contribution in [0.4, 0.5) is 0 Å². The van der Waals surface area contributed by atoms with Gasteiger partial charge in [0.25, 0.3) is 0 Å². The van der Waals surface area contributed by atoms with Crippen molar-refractivity contribution in [3.05, 3.63) is 30.2 Å². The van der Waals surface area contributed by atoms with Gasteiger partial charge in [-0.1, -0.05) is 6.07 Å². The van der Waals surface area contributed by atoms with Crippen LogP contribution in [0.15, 0.2) is 28.7 Å². The third-order valence-electron chi connectivity index (χ3n) is 3.29. The summed E-state index contributed by atoms with van der Waals surface area (Å²) in [5, 5.41) is 10.9. The first-order valence-corrected chi connectivity index (χ1v) is 7.01. The molecule has 1 N–H and O–H groups in total. The van der Waals surface area contributed by atoms with Crippen LogP contribution in [0.5, 0.6) is 5.75 Å². The Hall–Kier alpha value is -2.37. The van der Waals surface area contributed by atoms with Crippen LogP contribution in [0, 0.1) is 0 Å². The van der Waals surface area contributed by atoms with Gasteiger partial charge in [0.2, 0.25) is 17.7 Å². The molecule has 3 rings (SSSR count). The Morgan fingerprint density at radius 1 is 1.43 bits per heavy atom. The Morgan fingerprint density at radius 2 is 2.29 bits per heavy atom. The third kappa shape index (κ3) is 3.59. The fourth-order valence-electron chi connectivity index (χ4n) is 1.98. The van der Waals surface area contributed by atoms with Crippen LogP contribution in [0.2, 0.25) is 0 Å². The lowest BCUT2D eigenvalue weighted by atomic mass is 10.2. The molecule has 1 aromatic carbocycles. The third-order valence-corrected chi connectivity index (χ3v) is 3.29. The Bertz CT molecular complexity index is 635. The fourth-order valence-corrected chi connectivity index (χ4v) is 1.98. The molecule has 0 bridgehead atoms. The van der Waals surface area contributed by atoms with Gasteiger partial charge in [-0.3, -0.25) is 4.79 Å². The van der Waals surface area contributed by atoms with Gasteiger partial charge in [0.15, 0.2) is 0 Å². The van der Waals surface area contributed by atoms with E-state index in [1.54, 1.807) is 7.11 Å². The maximum Gasteiger partial charge on any atom is 0.247 e. The molecule has 1 aliphatic carbocycles. The van der Waals surface area contributed by atoms with Crippen molar-refractivity contribution in [2.75, 3.05) is 7.11 Å². The first-order chi connectivity index (χ1) is 10.2. The molecule has 1 saturated carbocycles. The second-order valence-electron chi connectivity index (χ2n) is 5.07. The minimum Gasteiger partial charge on any atom is -0.497 e. The van der Waals surface area contributed by atoms with Crippen LogP contribution >= 0.6 is 0 Å². The van der Waals surface area contributed by atoms with E-state index >= 15 is 0 Å². The average molecular weight is 287 g/mol. The quantitative estimate of drug-likeness (QED) is 0.878. The van der Waals surface area contributed by atoms with Crippen molar-refractivity contribution in [3.63, 3.8) is 0 Å². The van der Waals surface area contributed by atoms with Gasteiger partial charge in [0.1, 0.15) is 5.75 Å². The number of hydrogen-bond donors (Lipinski definition) is 1. The summed E-state index contributed by atoms with van der Waals surface area (Å²) in [4.78, 5) is 11.6. The Kier molecular flexibility index (Phi) is 3.85. The van der Waals surface area contributed by atoms with Gasteiger partial charge in [-0.15, -0.1) is 10.2 Å². The number of methoxy groups -OCH3 is 1. The van der Waals surface area contributed by atoms with Crippen LogP contribution in [0.25, 0.3) is 11.5 Å². The first-order valence-electron chi connectivity index (χ1n) is 7.01. The van der Waals surface area contributed by atoms with Crippen molar-refractivity contribution in [2.45, 2.75) is 31.7 Å². The molecule has 0 atom stereocenters. The number of aryl methyl sites for hydroxylation is 1. The number of ether oxygens (including phenoxy) is 1. The largest absolute Gasteiger partial charge is 0.497 e. The summed E-state index contributed by atoms with van der Waals surface area (Å²) in [6, 6.07) is 7.80. The SMILES string of the molecule is COc1cccc(-c2nnc(CCC(=O)NC3CC3)o2)c1. The summed E-state index contributed by atoms with van der Waals surface area (Å²) in [5.74, 6) is 1.68. The van der Waals surface area contributed by atoms with E-state index in [2.05, 4.69) is 15.5 Å². The monoisotopic (exact) mass is 287 g/mol. The van der Waals surface area contributed by atoms with Crippen molar-refractivity contribution < 1.29 is 13.9 Å². The molecular formula is C15H17N3O3. The van der Waals surface area contributed by atoms with E-state index in [1.165, 1.54) is 0 Å². The van der Waals surface area contributed by atoms with Gasteiger partial charge in [0, 0.05) is 24.4 Å². The van der Waals surface area contributed by atoms with Crippen LogP contribution < -0.4 is 10.1 Å². The van der Waals surface area contributed by atoms with Crippen molar-refractivity contribution in [1.29, 1.82) is 0 Å². The number of amides is 1. The number of hydrogen-bond acceptors (Lipinski definition) is 5. The smallest absolute Gasteiger partial charge is 0.247 e. The number of carbonyl (C=O) groups excluding carboxylic acids is 1. The molecule has 1 heterocycles. The molecule has 0 radical (unpaired) electrons. The average Bonchev–Trinajstić information content (AvgIpc) is 3.19. The molecule has 1 aromatic heterocycles. The van der Waals surface area contributed by atoms with Crippen LogP contribution in [0.3, 0.4) is 0 Å². The molecule has 21 heavy (non-hydrogen) atoms. The summed E-state index contributed by atoms with van der Waals surface area (Å²) in [6.07, 6.45) is 3.00. The predicted octanol–water partition coefficient (Wildman–Crippen LogP) is 1.96. The lowest BCUT2D eigenvalue weighted by Gasteiger charge is -2.01. The van der Waals surface area contributed by atoms with E-state index in [0.717, 1.165) is 24.2 Å². The molecule has 1 amide bonds. The molecule has 1 fully saturated rings. The lowest BCUT2D eigenvalue weighted by Crippen LogP contribution is -2.25. The topological polar surface area (TPSA) is 77.2 Å². The highest BCUT2D eigenvalue weighted by molar-refractivity contribution is 5.76. The summed E-state index contributed by atoms with van der Waals surface area (Å²) >= 11 is 0. The maximum absolute atomic E-state index is 11.6. The predicted molar refractivity (Wildman–Crippen MR) is 75.8 cm³/mol. The van der Waals surface area contributed by atoms with Crippen molar-refractivity contribution in [2.24, 2.45) is 0 Å². The van der Waals surface area contributed by atoms with Crippen molar-refractivity contribution in [1.82, 2.24) is 15.5 Å². The van der Waals surface area contributed by atoms with Crippen LogP contribution in [0.1, 0.15) is 25.2 Å². The summed E-state index contributed by atoms with van der Waals surface area (Å²) in [7, 11) is 1.61. The molecule has 1 aliphatic rings. The van der Waals surface area contributed by atoms with E-state index in [0.29, 0.717) is 30.7 Å². The number of carbonyl (C=O) groups is 1. The highest BCUT2D eigenvalue weighted by atomic mass is 16.5. The van der Waals surface area contributed by atoms with E-state index in [1.807, 2.05) is 24.3 Å². The molecule has 0 aliphatic heterocycles. The second kappa shape index (κ2) is 5.95. The molecule has 0 saturated heterocycles. The van der Waals surface area contributed by atoms with Crippen molar-refractivity contribution >= 4 is 5.91 Å². The zero-order valence-corrected chi connectivity index (χ0v) is 11.8. The molecular weight excluding hydrogens is 270 g/mol. The highest BCUT2D eigenvalue weighted by Crippen LogP contribution is 2.23. The molecule has 6 nitrogen and oxygen atoms in total. The molecule has 6 heteroatoms. The zero-order chi connectivity index (χ0) is 14.7. The van der Waals surface area contributed by atoms with Crippen LogP contribution in [-0.4, -0.2) is 29.3 Å². The minimum atomic E-state index is 0.0404. The minimum absolute atomic E-state index is 0.0404. The highest BCUT2D eigenvalue weighted by Gasteiger charge is 2.23. The fraction of sp³-hybridized carbons (Fsp3) is 0.400. The summed E-state index contributed by atoms with van der Waals surface area (Å²) < 4.78 is 10.7. The summed E-state index contributed by atoms with van der Waals surface area (Å²) in [5.41, 5.74) is 0.801. The second-order valence-corrected chi connectivity index (χ2v) is 5.07. The molecule has 0 unspecified atom stereocenters. The van der Waals surface area contributed by atoms with Gasteiger partial charge < -0.3 is 14.5 Å². The first kappa shape index (κ1) is 13.6. The van der Waals surface area contributed by atoms with Crippen LogP contribution in [-0.2, 0) is 11.2 Å². The normalized spacial score (nSPS) is 14.0. The number of nitrogens with zero attached hydrogens (tertiary/aromatic N) is 2. The standard InChI is InChI=1S/C15H17N3O3/c1-20-12-4-2-3-10(9-12)15-18-17-14(21-15)8-7-13(19)16-11-5-6-11/h2-4,9,11H,5-8H2,1H3,(H,16,19). The Balaban J connectivity index is 1.60. The Morgan fingerprint density at radius 3 is 3.05 bits per heavy atom. The number of nitrogens with one attached hydrogen (secondary N) is 1. The van der Waals surface area contributed by atoms with Gasteiger partial charge in [0.05, 0.1) is 7.11 Å². The van der Waals surface area contributed by atoms with E-state index in [9.17, 15) is 4.79 Å². The molecule has 2 aromatic rings. The van der Waals surface area contributed by atoms with Gasteiger partial charge in [-0.2, -0.15) is 0 Å². The maximum atomic E-state index is 11.6. The number of rotatable bonds is 6. The van der Waals surface area contributed by atoms with Gasteiger partial charge in [-0.25, -0.2) is 0 Å². The van der Waals surface area contributed by atoms with Gasteiger partial charge in [-0.05, 0) is 31.0 Å². The van der Waals surface area contributed by atoms with Gasteiger partial charge >= 0.3 is 0 Å². The zero-order valence-electron chi connectivity index (χ0n) is 11.8. The molecule has 110 valence electrons. The number of benzene rings is 1.